The van der Waals surface area contributed by atoms with Crippen molar-refractivity contribution in [2.45, 2.75) is 39.7 Å². The van der Waals surface area contributed by atoms with E-state index in [4.69, 9.17) is 9.47 Å². The van der Waals surface area contributed by atoms with Gasteiger partial charge in [0.05, 0.1) is 25.7 Å². The molecule has 0 amide bonds. The molecule has 0 unspecified atom stereocenters. The van der Waals surface area contributed by atoms with Gasteiger partial charge in [0.25, 0.3) is 0 Å². The number of hydrogen-bond acceptors (Lipinski definition) is 5. The molecule has 1 saturated carbocycles. The van der Waals surface area contributed by atoms with Crippen molar-refractivity contribution < 1.29 is 19.1 Å². The predicted octanol–water partition coefficient (Wildman–Crippen LogP) is 1.21. The second-order valence-corrected chi connectivity index (χ2v) is 5.32. The van der Waals surface area contributed by atoms with Crippen LogP contribution in [0.1, 0.15) is 33.6 Å². The molecule has 5 nitrogen and oxygen atoms in total. The lowest BCUT2D eigenvalue weighted by molar-refractivity contribution is -0.154. The van der Waals surface area contributed by atoms with E-state index in [1.54, 1.807) is 6.92 Å². The first-order valence-electron chi connectivity index (χ1n) is 6.38. The molecule has 0 aromatic heterocycles. The Labute approximate surface area is 108 Å². The minimum absolute atomic E-state index is 0.231. The van der Waals surface area contributed by atoms with Crippen LogP contribution in [0.5, 0.6) is 0 Å². The largest absolute Gasteiger partial charge is 0.469 e. The van der Waals surface area contributed by atoms with E-state index in [1.165, 1.54) is 7.11 Å². The first-order valence-corrected chi connectivity index (χ1v) is 6.38. The van der Waals surface area contributed by atoms with Crippen molar-refractivity contribution in [2.24, 2.45) is 5.41 Å². The standard InChI is InChI=1S/C13H23NO4/c1-5-18-11(15)8-14(10-6-7-10)9-13(2,3)12(16)17-4/h10H,5-9H2,1-4H3. The highest BCUT2D eigenvalue weighted by molar-refractivity contribution is 5.76. The molecule has 18 heavy (non-hydrogen) atoms. The first-order chi connectivity index (χ1) is 8.40. The summed E-state index contributed by atoms with van der Waals surface area (Å²) in [4.78, 5) is 25.2. The molecule has 0 bridgehead atoms. The summed E-state index contributed by atoms with van der Waals surface area (Å²) in [7, 11) is 1.39. The average molecular weight is 257 g/mol. The maximum atomic E-state index is 11.7. The monoisotopic (exact) mass is 257 g/mol. The minimum Gasteiger partial charge on any atom is -0.469 e. The Bertz CT molecular complexity index is 310. The van der Waals surface area contributed by atoms with Crippen molar-refractivity contribution in [2.75, 3.05) is 26.8 Å². The van der Waals surface area contributed by atoms with Gasteiger partial charge >= 0.3 is 11.9 Å². The lowest BCUT2D eigenvalue weighted by Crippen LogP contribution is -2.43. The molecule has 0 radical (unpaired) electrons. The van der Waals surface area contributed by atoms with Gasteiger partial charge in [-0.05, 0) is 33.6 Å². The molecule has 104 valence electrons. The van der Waals surface area contributed by atoms with Gasteiger partial charge in [0, 0.05) is 12.6 Å². The Morgan fingerprint density at radius 3 is 2.39 bits per heavy atom. The zero-order valence-corrected chi connectivity index (χ0v) is 11.7. The van der Waals surface area contributed by atoms with Crippen LogP contribution in [0, 0.1) is 5.41 Å². The van der Waals surface area contributed by atoms with Gasteiger partial charge in [0.1, 0.15) is 0 Å². The van der Waals surface area contributed by atoms with Gasteiger partial charge < -0.3 is 9.47 Å². The van der Waals surface area contributed by atoms with Crippen molar-refractivity contribution in [3.05, 3.63) is 0 Å². The van der Waals surface area contributed by atoms with Crippen LogP contribution in [-0.4, -0.2) is 49.7 Å². The van der Waals surface area contributed by atoms with Gasteiger partial charge in [-0.25, -0.2) is 0 Å². The Balaban J connectivity index is 2.57. The molecule has 0 aliphatic heterocycles. The van der Waals surface area contributed by atoms with E-state index in [0.717, 1.165) is 12.8 Å². The molecule has 0 aromatic rings. The van der Waals surface area contributed by atoms with Crippen LogP contribution in [0.3, 0.4) is 0 Å². The summed E-state index contributed by atoms with van der Waals surface area (Å²) in [6, 6.07) is 0.401. The highest BCUT2D eigenvalue weighted by atomic mass is 16.5. The van der Waals surface area contributed by atoms with Crippen molar-refractivity contribution in [1.82, 2.24) is 4.90 Å². The van der Waals surface area contributed by atoms with E-state index in [0.29, 0.717) is 19.2 Å². The normalized spacial score (nSPS) is 15.6. The fraction of sp³-hybridized carbons (Fsp3) is 0.846. The third kappa shape index (κ3) is 4.29. The number of rotatable bonds is 7. The maximum absolute atomic E-state index is 11.7. The van der Waals surface area contributed by atoms with Crippen molar-refractivity contribution in [3.8, 4) is 0 Å². The first kappa shape index (κ1) is 15.0. The van der Waals surface area contributed by atoms with Crippen LogP contribution in [0.25, 0.3) is 0 Å². The van der Waals surface area contributed by atoms with Gasteiger partial charge in [0.15, 0.2) is 0 Å². The van der Waals surface area contributed by atoms with E-state index in [-0.39, 0.29) is 18.5 Å². The van der Waals surface area contributed by atoms with Crippen molar-refractivity contribution in [1.29, 1.82) is 0 Å². The van der Waals surface area contributed by atoms with Crippen LogP contribution >= 0.6 is 0 Å². The molecule has 0 saturated heterocycles. The number of carbonyl (C=O) groups excluding carboxylic acids is 2. The second kappa shape index (κ2) is 6.18. The molecule has 1 aliphatic rings. The van der Waals surface area contributed by atoms with Crippen LogP contribution in [0.2, 0.25) is 0 Å². The highest BCUT2D eigenvalue weighted by Gasteiger charge is 2.38. The summed E-state index contributed by atoms with van der Waals surface area (Å²) in [6.45, 7) is 6.61. The number of hydrogen-bond donors (Lipinski definition) is 0. The number of carbonyl (C=O) groups is 2. The number of nitrogens with zero attached hydrogens (tertiary/aromatic N) is 1. The van der Waals surface area contributed by atoms with Gasteiger partial charge in [-0.1, -0.05) is 0 Å². The van der Waals surface area contributed by atoms with Gasteiger partial charge in [-0.3, -0.25) is 14.5 Å². The number of methoxy groups -OCH3 is 1. The summed E-state index contributed by atoms with van der Waals surface area (Å²) in [5.74, 6) is -0.484. The molecule has 1 aliphatic carbocycles. The topological polar surface area (TPSA) is 55.8 Å². The van der Waals surface area contributed by atoms with E-state index in [9.17, 15) is 9.59 Å². The summed E-state index contributed by atoms with van der Waals surface area (Å²) < 4.78 is 9.74. The second-order valence-electron chi connectivity index (χ2n) is 5.32. The fourth-order valence-corrected chi connectivity index (χ4v) is 1.97. The zero-order valence-electron chi connectivity index (χ0n) is 11.7. The van der Waals surface area contributed by atoms with Crippen LogP contribution in [0.15, 0.2) is 0 Å². The van der Waals surface area contributed by atoms with Gasteiger partial charge in [0.2, 0.25) is 0 Å². The predicted molar refractivity (Wildman–Crippen MR) is 67.0 cm³/mol. The maximum Gasteiger partial charge on any atom is 0.320 e. The average Bonchev–Trinajstić information content (AvgIpc) is 3.10. The zero-order chi connectivity index (χ0) is 13.8. The van der Waals surface area contributed by atoms with E-state index >= 15 is 0 Å². The third-order valence-corrected chi connectivity index (χ3v) is 3.04. The van der Waals surface area contributed by atoms with Crippen molar-refractivity contribution >= 4 is 11.9 Å². The molecule has 0 spiro atoms. The molecule has 0 heterocycles. The van der Waals surface area contributed by atoms with Crippen molar-refractivity contribution in [3.63, 3.8) is 0 Å². The van der Waals surface area contributed by atoms with Gasteiger partial charge in [-0.15, -0.1) is 0 Å². The molecule has 1 rings (SSSR count). The summed E-state index contributed by atoms with van der Waals surface area (Å²) in [5, 5.41) is 0. The Kier molecular flexibility index (Phi) is 5.14. The molecule has 1 fully saturated rings. The Morgan fingerprint density at radius 1 is 1.33 bits per heavy atom. The van der Waals surface area contributed by atoms with Crippen LogP contribution < -0.4 is 0 Å². The van der Waals surface area contributed by atoms with Crippen LogP contribution in [-0.2, 0) is 19.1 Å². The minimum atomic E-state index is -0.607. The van der Waals surface area contributed by atoms with Gasteiger partial charge in [-0.2, -0.15) is 0 Å². The lowest BCUT2D eigenvalue weighted by atomic mass is 9.93. The quantitative estimate of drug-likeness (QED) is 0.642. The fourth-order valence-electron chi connectivity index (χ4n) is 1.97. The van der Waals surface area contributed by atoms with Crippen LogP contribution in [0.4, 0.5) is 0 Å². The molecule has 0 aromatic carbocycles. The number of ether oxygens (including phenoxy) is 2. The lowest BCUT2D eigenvalue weighted by Gasteiger charge is -2.30. The van der Waals surface area contributed by atoms with E-state index < -0.39 is 5.41 Å². The molecule has 0 N–H and O–H groups in total. The molecular formula is C13H23NO4. The van der Waals surface area contributed by atoms with E-state index in [1.807, 2.05) is 18.7 Å². The smallest absolute Gasteiger partial charge is 0.320 e. The highest BCUT2D eigenvalue weighted by Crippen LogP contribution is 2.30. The summed E-state index contributed by atoms with van der Waals surface area (Å²) in [6.07, 6.45) is 2.16. The Morgan fingerprint density at radius 2 is 1.94 bits per heavy atom. The SMILES string of the molecule is CCOC(=O)CN(CC(C)(C)C(=O)OC)C1CC1. The Hall–Kier alpha value is -1.10. The summed E-state index contributed by atoms with van der Waals surface area (Å²) in [5.41, 5.74) is -0.607. The number of esters is 2. The third-order valence-electron chi connectivity index (χ3n) is 3.04. The molecular weight excluding hydrogens is 234 g/mol. The molecule has 0 atom stereocenters. The van der Waals surface area contributed by atoms with E-state index in [2.05, 4.69) is 0 Å². The molecule has 5 heteroatoms. The summed E-state index contributed by atoms with van der Waals surface area (Å²) >= 11 is 0.